The Bertz CT molecular complexity index is 842. The highest BCUT2D eigenvalue weighted by Gasteiger charge is 2.27. The predicted octanol–water partition coefficient (Wildman–Crippen LogP) is 3.28. The number of esters is 2. The van der Waals surface area contributed by atoms with Gasteiger partial charge in [-0.2, -0.15) is 0 Å². The third kappa shape index (κ3) is 3.85. The zero-order valence-corrected chi connectivity index (χ0v) is 15.7. The summed E-state index contributed by atoms with van der Waals surface area (Å²) in [7, 11) is 2.69. The van der Waals surface area contributed by atoms with Crippen LogP contribution < -0.4 is 10.1 Å². The lowest BCUT2D eigenvalue weighted by Crippen LogP contribution is -2.15. The summed E-state index contributed by atoms with van der Waals surface area (Å²) in [4.78, 5) is 37.1. The number of ether oxygens (including phenoxy) is 3. The molecule has 0 aliphatic carbocycles. The number of nitrogens with one attached hydrogen (secondary N) is 1. The van der Waals surface area contributed by atoms with Gasteiger partial charge in [0.1, 0.15) is 15.6 Å². The SMILES string of the molecule is CCOC(=O)c1sc(NC(=O)c2ccccc2OC)c(C(=O)OC)c1C. The van der Waals surface area contributed by atoms with E-state index in [0.29, 0.717) is 16.9 Å². The first-order chi connectivity index (χ1) is 12.4. The summed E-state index contributed by atoms with van der Waals surface area (Å²) < 4.78 is 15.0. The average molecular weight is 377 g/mol. The maximum atomic E-state index is 12.6. The fraction of sp³-hybridized carbons (Fsp3) is 0.278. The van der Waals surface area contributed by atoms with Crippen molar-refractivity contribution in [3.8, 4) is 5.75 Å². The van der Waals surface area contributed by atoms with E-state index >= 15 is 0 Å². The van der Waals surface area contributed by atoms with Crippen LogP contribution in [0.5, 0.6) is 5.75 Å². The molecular weight excluding hydrogens is 358 g/mol. The first kappa shape index (κ1) is 19.5. The molecule has 0 atom stereocenters. The molecule has 0 saturated carbocycles. The Balaban J connectivity index is 2.44. The first-order valence-electron chi connectivity index (χ1n) is 7.77. The molecule has 1 amide bonds. The molecule has 0 radical (unpaired) electrons. The van der Waals surface area contributed by atoms with Gasteiger partial charge in [-0.05, 0) is 31.5 Å². The van der Waals surface area contributed by atoms with Crippen molar-refractivity contribution in [2.75, 3.05) is 26.1 Å². The lowest BCUT2D eigenvalue weighted by atomic mass is 10.1. The summed E-state index contributed by atoms with van der Waals surface area (Å²) in [6.45, 7) is 3.49. The Morgan fingerprint density at radius 3 is 2.42 bits per heavy atom. The van der Waals surface area contributed by atoms with Crippen LogP contribution in [0, 0.1) is 6.92 Å². The largest absolute Gasteiger partial charge is 0.496 e. The van der Waals surface area contributed by atoms with E-state index in [2.05, 4.69) is 5.32 Å². The monoisotopic (exact) mass is 377 g/mol. The topological polar surface area (TPSA) is 90.9 Å². The standard InChI is InChI=1S/C18H19NO6S/c1-5-25-18(22)14-10(2)13(17(21)24-4)16(26-14)19-15(20)11-8-6-7-9-12(11)23-3/h6-9H,5H2,1-4H3,(H,19,20). The highest BCUT2D eigenvalue weighted by Crippen LogP contribution is 2.35. The molecule has 1 N–H and O–H groups in total. The van der Waals surface area contributed by atoms with Gasteiger partial charge in [0.2, 0.25) is 0 Å². The molecule has 7 nitrogen and oxygen atoms in total. The zero-order chi connectivity index (χ0) is 19.3. The summed E-state index contributed by atoms with van der Waals surface area (Å²) in [6.07, 6.45) is 0. The normalized spacial score (nSPS) is 10.2. The smallest absolute Gasteiger partial charge is 0.348 e. The number of hydrogen-bond donors (Lipinski definition) is 1. The highest BCUT2D eigenvalue weighted by molar-refractivity contribution is 7.18. The molecule has 8 heteroatoms. The van der Waals surface area contributed by atoms with Crippen molar-refractivity contribution in [1.82, 2.24) is 0 Å². The molecule has 0 aliphatic rings. The number of para-hydroxylation sites is 1. The van der Waals surface area contributed by atoms with E-state index in [9.17, 15) is 14.4 Å². The van der Waals surface area contributed by atoms with E-state index in [-0.39, 0.29) is 22.0 Å². The van der Waals surface area contributed by atoms with E-state index in [4.69, 9.17) is 14.2 Å². The van der Waals surface area contributed by atoms with Crippen molar-refractivity contribution in [3.05, 3.63) is 45.8 Å². The van der Waals surface area contributed by atoms with Crippen molar-refractivity contribution < 1.29 is 28.6 Å². The number of thiophene rings is 1. The molecule has 0 aliphatic heterocycles. The molecular formula is C18H19NO6S. The fourth-order valence-corrected chi connectivity index (χ4v) is 3.43. The van der Waals surface area contributed by atoms with Crippen LogP contribution >= 0.6 is 11.3 Å². The number of rotatable bonds is 6. The average Bonchev–Trinajstić information content (AvgIpc) is 2.97. The minimum atomic E-state index is -0.648. The van der Waals surface area contributed by atoms with Crippen molar-refractivity contribution >= 4 is 34.2 Å². The lowest BCUT2D eigenvalue weighted by Gasteiger charge is -2.09. The molecule has 0 spiro atoms. The first-order valence-corrected chi connectivity index (χ1v) is 8.59. The van der Waals surface area contributed by atoms with Gasteiger partial charge < -0.3 is 19.5 Å². The van der Waals surface area contributed by atoms with Crippen LogP contribution in [0.15, 0.2) is 24.3 Å². The number of benzene rings is 1. The minimum Gasteiger partial charge on any atom is -0.496 e. The van der Waals surface area contributed by atoms with Crippen LogP contribution in [0.1, 0.15) is 42.9 Å². The van der Waals surface area contributed by atoms with Crippen molar-refractivity contribution in [1.29, 1.82) is 0 Å². The molecule has 1 aromatic carbocycles. The van der Waals surface area contributed by atoms with Gasteiger partial charge in [0, 0.05) is 0 Å². The number of hydrogen-bond acceptors (Lipinski definition) is 7. The molecule has 2 rings (SSSR count). The van der Waals surface area contributed by atoms with Gasteiger partial charge in [-0.3, -0.25) is 4.79 Å². The van der Waals surface area contributed by atoms with E-state index < -0.39 is 17.8 Å². The Kier molecular flexibility index (Phi) is 6.35. The van der Waals surface area contributed by atoms with Gasteiger partial charge in [-0.1, -0.05) is 12.1 Å². The van der Waals surface area contributed by atoms with Gasteiger partial charge in [-0.25, -0.2) is 9.59 Å². The summed E-state index contributed by atoms with van der Waals surface area (Å²) in [6, 6.07) is 6.69. The van der Waals surface area contributed by atoms with E-state index in [1.165, 1.54) is 14.2 Å². The van der Waals surface area contributed by atoms with Crippen LogP contribution in [0.25, 0.3) is 0 Å². The molecule has 0 fully saturated rings. The molecule has 1 aromatic heterocycles. The Hall–Kier alpha value is -2.87. The van der Waals surface area contributed by atoms with E-state index in [1.54, 1.807) is 38.1 Å². The molecule has 1 heterocycles. The zero-order valence-electron chi connectivity index (χ0n) is 14.9. The molecule has 0 bridgehead atoms. The second-order valence-electron chi connectivity index (χ2n) is 5.13. The van der Waals surface area contributed by atoms with E-state index in [1.807, 2.05) is 0 Å². The lowest BCUT2D eigenvalue weighted by molar-refractivity contribution is 0.0531. The minimum absolute atomic E-state index is 0.129. The predicted molar refractivity (Wildman–Crippen MR) is 97.3 cm³/mol. The van der Waals surface area contributed by atoms with Crippen LogP contribution in [0.3, 0.4) is 0 Å². The maximum Gasteiger partial charge on any atom is 0.348 e. The maximum absolute atomic E-state index is 12.6. The Labute approximate surface area is 154 Å². The van der Waals surface area contributed by atoms with Crippen LogP contribution in [-0.4, -0.2) is 38.7 Å². The van der Waals surface area contributed by atoms with Crippen molar-refractivity contribution in [2.45, 2.75) is 13.8 Å². The van der Waals surface area contributed by atoms with Crippen molar-refractivity contribution in [3.63, 3.8) is 0 Å². The number of carbonyl (C=O) groups is 3. The molecule has 138 valence electrons. The second kappa shape index (κ2) is 8.48. The number of amides is 1. The second-order valence-corrected chi connectivity index (χ2v) is 6.15. The van der Waals surface area contributed by atoms with Crippen LogP contribution in [0.2, 0.25) is 0 Å². The van der Waals surface area contributed by atoms with Gasteiger partial charge in [0.05, 0.1) is 32.0 Å². The number of carbonyl (C=O) groups excluding carboxylic acids is 3. The third-order valence-electron chi connectivity index (χ3n) is 3.58. The molecule has 2 aromatic rings. The van der Waals surface area contributed by atoms with Gasteiger partial charge >= 0.3 is 11.9 Å². The fourth-order valence-electron chi connectivity index (χ4n) is 2.34. The van der Waals surface area contributed by atoms with E-state index in [0.717, 1.165) is 11.3 Å². The Morgan fingerprint density at radius 1 is 1.12 bits per heavy atom. The summed E-state index contributed by atoms with van der Waals surface area (Å²) in [5.41, 5.74) is 0.828. The molecule has 26 heavy (non-hydrogen) atoms. The number of methoxy groups -OCH3 is 2. The summed E-state index contributed by atoms with van der Waals surface area (Å²) in [5, 5.41) is 2.88. The van der Waals surface area contributed by atoms with Gasteiger partial charge in [-0.15, -0.1) is 11.3 Å². The van der Waals surface area contributed by atoms with Crippen LogP contribution in [0.4, 0.5) is 5.00 Å². The van der Waals surface area contributed by atoms with Crippen molar-refractivity contribution in [2.24, 2.45) is 0 Å². The quantitative estimate of drug-likeness (QED) is 0.777. The summed E-state index contributed by atoms with van der Waals surface area (Å²) >= 11 is 0.966. The number of anilines is 1. The highest BCUT2D eigenvalue weighted by atomic mass is 32.1. The molecule has 0 unspecified atom stereocenters. The summed E-state index contributed by atoms with van der Waals surface area (Å²) in [5.74, 6) is -1.28. The molecule has 0 saturated heterocycles. The Morgan fingerprint density at radius 2 is 1.81 bits per heavy atom. The third-order valence-corrected chi connectivity index (χ3v) is 4.76. The van der Waals surface area contributed by atoms with Gasteiger partial charge in [0.15, 0.2) is 0 Å². The van der Waals surface area contributed by atoms with Gasteiger partial charge in [0.25, 0.3) is 5.91 Å². The van der Waals surface area contributed by atoms with Crippen LogP contribution in [-0.2, 0) is 9.47 Å².